The van der Waals surface area contributed by atoms with Crippen molar-refractivity contribution in [3.63, 3.8) is 0 Å². The van der Waals surface area contributed by atoms with Gasteiger partial charge in [-0.2, -0.15) is 0 Å². The highest BCUT2D eigenvalue weighted by molar-refractivity contribution is 5.87. The number of pyridine rings is 1. The van der Waals surface area contributed by atoms with Crippen LogP contribution in [-0.2, 0) is 11.2 Å². The van der Waals surface area contributed by atoms with Gasteiger partial charge in [-0.3, -0.25) is 0 Å². The number of hydrogen-bond acceptors (Lipinski definition) is 3. The molecule has 0 aliphatic heterocycles. The van der Waals surface area contributed by atoms with E-state index in [1.807, 2.05) is 43.3 Å². The summed E-state index contributed by atoms with van der Waals surface area (Å²) in [5, 5.41) is 0. The van der Waals surface area contributed by atoms with Crippen molar-refractivity contribution in [1.29, 1.82) is 0 Å². The summed E-state index contributed by atoms with van der Waals surface area (Å²) < 4.78 is 4.70. The fourth-order valence-corrected chi connectivity index (χ4v) is 1.72. The molecule has 1 heterocycles. The number of aryl methyl sites for hydroxylation is 1. The molecule has 0 unspecified atom stereocenters. The predicted molar refractivity (Wildman–Crippen MR) is 77.4 cm³/mol. The van der Waals surface area contributed by atoms with Crippen molar-refractivity contribution < 1.29 is 9.53 Å². The van der Waals surface area contributed by atoms with Crippen molar-refractivity contribution in [2.45, 2.75) is 13.3 Å². The Kier molecular flexibility index (Phi) is 4.52. The first-order chi connectivity index (χ1) is 9.72. The van der Waals surface area contributed by atoms with E-state index < -0.39 is 5.97 Å². The molecule has 3 heteroatoms. The molecule has 0 amide bonds. The lowest BCUT2D eigenvalue weighted by molar-refractivity contribution is 0.0593. The van der Waals surface area contributed by atoms with Crippen LogP contribution in [0.25, 0.3) is 0 Å². The molecule has 0 radical (unpaired) electrons. The van der Waals surface area contributed by atoms with Gasteiger partial charge in [0.2, 0.25) is 0 Å². The first-order valence-electron chi connectivity index (χ1n) is 6.39. The molecule has 0 saturated heterocycles. The summed E-state index contributed by atoms with van der Waals surface area (Å²) in [6.45, 7) is 1.98. The lowest BCUT2D eigenvalue weighted by Crippen LogP contribution is -2.06. The number of hydrogen-bond donors (Lipinski definition) is 0. The summed E-state index contributed by atoms with van der Waals surface area (Å²) in [5.41, 5.74) is 2.82. The van der Waals surface area contributed by atoms with Gasteiger partial charge in [0.05, 0.1) is 7.11 Å². The third-order valence-electron chi connectivity index (χ3n) is 2.76. The summed E-state index contributed by atoms with van der Waals surface area (Å²) >= 11 is 0. The Labute approximate surface area is 118 Å². The highest BCUT2D eigenvalue weighted by Crippen LogP contribution is 2.08. The molecule has 3 nitrogen and oxygen atoms in total. The maximum atomic E-state index is 11.6. The van der Waals surface area contributed by atoms with Crippen molar-refractivity contribution in [3.05, 3.63) is 65.0 Å². The monoisotopic (exact) mass is 265 g/mol. The Morgan fingerprint density at radius 3 is 2.50 bits per heavy atom. The van der Waals surface area contributed by atoms with Crippen LogP contribution in [0.2, 0.25) is 0 Å². The Balaban J connectivity index is 2.37. The summed E-state index contributed by atoms with van der Waals surface area (Å²) in [6.07, 6.45) is 0.741. The second-order valence-electron chi connectivity index (χ2n) is 4.19. The summed E-state index contributed by atoms with van der Waals surface area (Å²) in [5.74, 6) is 5.68. The van der Waals surface area contributed by atoms with E-state index in [2.05, 4.69) is 16.8 Å². The van der Waals surface area contributed by atoms with Crippen molar-refractivity contribution in [3.8, 4) is 11.8 Å². The maximum absolute atomic E-state index is 11.6. The molecule has 0 bridgehead atoms. The normalized spacial score (nSPS) is 9.50. The van der Waals surface area contributed by atoms with Crippen molar-refractivity contribution in [1.82, 2.24) is 4.98 Å². The van der Waals surface area contributed by atoms with E-state index >= 15 is 0 Å². The third-order valence-corrected chi connectivity index (χ3v) is 2.76. The third kappa shape index (κ3) is 3.46. The second kappa shape index (κ2) is 6.53. The lowest BCUT2D eigenvalue weighted by Gasteiger charge is -2.02. The fourth-order valence-electron chi connectivity index (χ4n) is 1.72. The van der Waals surface area contributed by atoms with Crippen LogP contribution in [0.4, 0.5) is 0 Å². The summed E-state index contributed by atoms with van der Waals surface area (Å²) in [6, 6.07) is 13.2. The molecule has 2 aromatic rings. The standard InChI is InChI=1S/C17H15NO2/c1-3-15-11-14(12-16(18-15)17(19)20-2)10-9-13-7-5-4-6-8-13/h4-8,11-12H,3H2,1-2H3. The molecular weight excluding hydrogens is 250 g/mol. The number of nitrogens with zero attached hydrogens (tertiary/aromatic N) is 1. The molecule has 0 aliphatic carbocycles. The Morgan fingerprint density at radius 1 is 1.15 bits per heavy atom. The number of aromatic nitrogens is 1. The smallest absolute Gasteiger partial charge is 0.356 e. The van der Waals surface area contributed by atoms with E-state index in [0.29, 0.717) is 5.69 Å². The quantitative estimate of drug-likeness (QED) is 0.619. The summed E-state index contributed by atoms with van der Waals surface area (Å²) in [7, 11) is 1.35. The van der Waals surface area contributed by atoms with Gasteiger partial charge in [-0.15, -0.1) is 0 Å². The van der Waals surface area contributed by atoms with E-state index in [0.717, 1.165) is 23.2 Å². The van der Waals surface area contributed by atoms with E-state index in [9.17, 15) is 4.79 Å². The van der Waals surface area contributed by atoms with Gasteiger partial charge < -0.3 is 4.74 Å². The average Bonchev–Trinajstić information content (AvgIpc) is 2.52. The van der Waals surface area contributed by atoms with Crippen LogP contribution in [0, 0.1) is 11.8 Å². The minimum atomic E-state index is -0.442. The number of esters is 1. The summed E-state index contributed by atoms with van der Waals surface area (Å²) in [4.78, 5) is 15.8. The molecule has 0 spiro atoms. The highest BCUT2D eigenvalue weighted by Gasteiger charge is 2.09. The molecule has 2 rings (SSSR count). The van der Waals surface area contributed by atoms with Crippen LogP contribution >= 0.6 is 0 Å². The molecular formula is C17H15NO2. The van der Waals surface area contributed by atoms with Gasteiger partial charge in [-0.25, -0.2) is 9.78 Å². The van der Waals surface area contributed by atoms with E-state index in [4.69, 9.17) is 4.74 Å². The van der Waals surface area contributed by atoms with E-state index in [1.165, 1.54) is 7.11 Å². The molecule has 1 aromatic carbocycles. The van der Waals surface area contributed by atoms with Crippen molar-refractivity contribution >= 4 is 5.97 Å². The van der Waals surface area contributed by atoms with Crippen LogP contribution in [0.1, 0.15) is 34.2 Å². The van der Waals surface area contributed by atoms with Crippen molar-refractivity contribution in [2.24, 2.45) is 0 Å². The van der Waals surface area contributed by atoms with E-state index in [1.54, 1.807) is 6.07 Å². The van der Waals surface area contributed by atoms with Gasteiger partial charge in [0.25, 0.3) is 0 Å². The van der Waals surface area contributed by atoms with Crippen LogP contribution in [0.3, 0.4) is 0 Å². The molecule has 20 heavy (non-hydrogen) atoms. The van der Waals surface area contributed by atoms with Crippen LogP contribution in [-0.4, -0.2) is 18.1 Å². The SMILES string of the molecule is CCc1cc(C#Cc2ccccc2)cc(C(=O)OC)n1. The Bertz CT molecular complexity index is 666. The molecule has 0 saturated carbocycles. The van der Waals surface area contributed by atoms with Gasteiger partial charge in [0.15, 0.2) is 0 Å². The van der Waals surface area contributed by atoms with Gasteiger partial charge in [0.1, 0.15) is 5.69 Å². The van der Waals surface area contributed by atoms with Crippen LogP contribution in [0.5, 0.6) is 0 Å². The van der Waals surface area contributed by atoms with E-state index in [-0.39, 0.29) is 0 Å². The molecule has 0 N–H and O–H groups in total. The van der Waals surface area contributed by atoms with Gasteiger partial charge in [0, 0.05) is 16.8 Å². The minimum Gasteiger partial charge on any atom is -0.464 e. The Morgan fingerprint density at radius 2 is 1.85 bits per heavy atom. The predicted octanol–water partition coefficient (Wildman–Crippen LogP) is 2.83. The minimum absolute atomic E-state index is 0.296. The molecule has 100 valence electrons. The number of benzene rings is 1. The van der Waals surface area contributed by atoms with Gasteiger partial charge >= 0.3 is 5.97 Å². The first kappa shape index (κ1) is 13.8. The molecule has 1 aromatic heterocycles. The Hall–Kier alpha value is -2.60. The topological polar surface area (TPSA) is 39.2 Å². The zero-order chi connectivity index (χ0) is 14.4. The number of carbonyl (C=O) groups excluding carboxylic acids is 1. The number of ether oxygens (including phenoxy) is 1. The molecule has 0 aliphatic rings. The molecule has 0 fully saturated rings. The second-order valence-corrected chi connectivity index (χ2v) is 4.19. The highest BCUT2D eigenvalue weighted by atomic mass is 16.5. The average molecular weight is 265 g/mol. The fraction of sp³-hybridized carbons (Fsp3) is 0.176. The zero-order valence-corrected chi connectivity index (χ0v) is 11.5. The first-order valence-corrected chi connectivity index (χ1v) is 6.39. The number of carbonyl (C=O) groups is 1. The number of methoxy groups -OCH3 is 1. The van der Waals surface area contributed by atoms with Crippen molar-refractivity contribution in [2.75, 3.05) is 7.11 Å². The van der Waals surface area contributed by atoms with Gasteiger partial charge in [-0.1, -0.05) is 37.0 Å². The number of rotatable bonds is 2. The maximum Gasteiger partial charge on any atom is 0.356 e. The van der Waals surface area contributed by atoms with Crippen LogP contribution in [0.15, 0.2) is 42.5 Å². The molecule has 0 atom stereocenters. The lowest BCUT2D eigenvalue weighted by atomic mass is 10.1. The van der Waals surface area contributed by atoms with Crippen LogP contribution < -0.4 is 0 Å². The van der Waals surface area contributed by atoms with Gasteiger partial charge in [-0.05, 0) is 30.7 Å². The largest absolute Gasteiger partial charge is 0.464 e. The zero-order valence-electron chi connectivity index (χ0n) is 11.5.